The molecule has 0 spiro atoms. The van der Waals surface area contributed by atoms with Crippen molar-refractivity contribution in [2.24, 2.45) is 5.73 Å². The minimum absolute atomic E-state index is 0.0921. The molecule has 2 N–H and O–H groups in total. The summed E-state index contributed by atoms with van der Waals surface area (Å²) in [5.74, 6) is 0. The second kappa shape index (κ2) is 4.97. The van der Waals surface area contributed by atoms with E-state index >= 15 is 0 Å². The van der Waals surface area contributed by atoms with E-state index in [1.165, 1.54) is 12.1 Å². The van der Waals surface area contributed by atoms with Crippen LogP contribution in [0.25, 0.3) is 0 Å². The molecule has 0 bridgehead atoms. The summed E-state index contributed by atoms with van der Waals surface area (Å²) in [6.07, 6.45) is 3.44. The average Bonchev–Trinajstić information content (AvgIpc) is 2.78. The van der Waals surface area contributed by atoms with E-state index in [0.717, 1.165) is 11.3 Å². The topological polar surface area (TPSA) is 87.0 Å². The smallest absolute Gasteiger partial charge is 0.269 e. The highest BCUT2D eigenvalue weighted by Gasteiger charge is 2.08. The molecule has 1 atom stereocenters. The zero-order valence-corrected chi connectivity index (χ0v) is 9.98. The first-order valence-electron chi connectivity index (χ1n) is 5.57. The van der Waals surface area contributed by atoms with Crippen molar-refractivity contribution in [1.29, 1.82) is 0 Å². The van der Waals surface area contributed by atoms with Gasteiger partial charge in [-0.15, -0.1) is 0 Å². The molecular formula is C12H14N4O2. The number of hydrogen-bond donors (Lipinski definition) is 1. The minimum Gasteiger partial charge on any atom is -0.329 e. The number of aromatic nitrogens is 2. The van der Waals surface area contributed by atoms with Crippen LogP contribution in [0.4, 0.5) is 5.69 Å². The van der Waals surface area contributed by atoms with Crippen LogP contribution in [0.1, 0.15) is 24.2 Å². The van der Waals surface area contributed by atoms with Crippen LogP contribution < -0.4 is 5.73 Å². The first kappa shape index (κ1) is 12.3. The summed E-state index contributed by atoms with van der Waals surface area (Å²) >= 11 is 0. The molecule has 2 aromatic rings. The monoisotopic (exact) mass is 246 g/mol. The van der Waals surface area contributed by atoms with Gasteiger partial charge in [-0.3, -0.25) is 10.1 Å². The fourth-order valence-corrected chi connectivity index (χ4v) is 1.76. The summed E-state index contributed by atoms with van der Waals surface area (Å²) in [4.78, 5) is 14.2. The third kappa shape index (κ3) is 2.54. The van der Waals surface area contributed by atoms with E-state index in [2.05, 4.69) is 4.98 Å². The molecule has 0 aliphatic heterocycles. The second-order valence-electron chi connectivity index (χ2n) is 4.16. The van der Waals surface area contributed by atoms with Crippen LogP contribution in [-0.4, -0.2) is 14.5 Å². The summed E-state index contributed by atoms with van der Waals surface area (Å²) in [7, 11) is 0. The normalized spacial score (nSPS) is 12.3. The molecule has 0 fully saturated rings. The Balaban J connectivity index is 2.18. The van der Waals surface area contributed by atoms with Gasteiger partial charge in [-0.25, -0.2) is 4.98 Å². The molecule has 6 nitrogen and oxygen atoms in total. The van der Waals surface area contributed by atoms with Gasteiger partial charge in [0.15, 0.2) is 0 Å². The van der Waals surface area contributed by atoms with Crippen molar-refractivity contribution in [2.75, 3.05) is 0 Å². The molecule has 0 amide bonds. The molecule has 2 rings (SSSR count). The lowest BCUT2D eigenvalue weighted by atomic mass is 10.2. The number of nitro benzene ring substituents is 1. The van der Waals surface area contributed by atoms with Gasteiger partial charge in [-0.2, -0.15) is 0 Å². The zero-order valence-electron chi connectivity index (χ0n) is 9.98. The van der Waals surface area contributed by atoms with Gasteiger partial charge in [-0.1, -0.05) is 12.1 Å². The predicted molar refractivity (Wildman–Crippen MR) is 67.0 cm³/mol. The molecular weight excluding hydrogens is 232 g/mol. The number of hydrogen-bond acceptors (Lipinski definition) is 4. The van der Waals surface area contributed by atoms with Crippen LogP contribution in [0.5, 0.6) is 0 Å². The fraction of sp³-hybridized carbons (Fsp3) is 0.250. The third-order valence-corrected chi connectivity index (χ3v) is 2.71. The Morgan fingerprint density at radius 2 is 2.11 bits per heavy atom. The molecule has 6 heteroatoms. The zero-order chi connectivity index (χ0) is 13.1. The lowest BCUT2D eigenvalue weighted by molar-refractivity contribution is -0.384. The number of rotatable bonds is 4. The van der Waals surface area contributed by atoms with Crippen LogP contribution in [-0.2, 0) is 6.54 Å². The van der Waals surface area contributed by atoms with Crippen LogP contribution >= 0.6 is 0 Å². The SMILES string of the molecule is C[C@H](N)c1cncn1Cc1ccc([N+](=O)[O-])cc1. The molecule has 1 aromatic heterocycles. The van der Waals surface area contributed by atoms with E-state index in [1.54, 1.807) is 24.7 Å². The maximum atomic E-state index is 10.5. The maximum absolute atomic E-state index is 10.5. The van der Waals surface area contributed by atoms with Crippen molar-refractivity contribution >= 4 is 5.69 Å². The van der Waals surface area contributed by atoms with E-state index in [-0.39, 0.29) is 11.7 Å². The Labute approximate surface area is 104 Å². The standard InChI is InChI=1S/C12H14N4O2/c1-9(13)12-6-14-8-15(12)7-10-2-4-11(5-3-10)16(17)18/h2-6,8-9H,7,13H2,1H3/t9-/m0/s1. The highest BCUT2D eigenvalue weighted by atomic mass is 16.6. The lowest BCUT2D eigenvalue weighted by Crippen LogP contribution is -2.12. The number of nitrogens with zero attached hydrogens (tertiary/aromatic N) is 3. The van der Waals surface area contributed by atoms with Crippen molar-refractivity contribution in [2.45, 2.75) is 19.5 Å². The van der Waals surface area contributed by atoms with Crippen LogP contribution in [0.15, 0.2) is 36.8 Å². The van der Waals surface area contributed by atoms with Crippen molar-refractivity contribution in [1.82, 2.24) is 9.55 Å². The lowest BCUT2D eigenvalue weighted by Gasteiger charge is -2.10. The van der Waals surface area contributed by atoms with Crippen molar-refractivity contribution < 1.29 is 4.92 Å². The maximum Gasteiger partial charge on any atom is 0.269 e. The predicted octanol–water partition coefficient (Wildman–Crippen LogP) is 1.86. The molecule has 18 heavy (non-hydrogen) atoms. The first-order chi connectivity index (χ1) is 8.58. The number of non-ortho nitro benzene ring substituents is 1. The molecule has 1 heterocycles. The van der Waals surface area contributed by atoms with E-state index < -0.39 is 4.92 Å². The quantitative estimate of drug-likeness (QED) is 0.658. The summed E-state index contributed by atoms with van der Waals surface area (Å²) in [5, 5.41) is 10.5. The van der Waals surface area contributed by atoms with Gasteiger partial charge in [0, 0.05) is 30.9 Å². The largest absolute Gasteiger partial charge is 0.329 e. The van der Waals surface area contributed by atoms with E-state index in [0.29, 0.717) is 6.54 Å². The molecule has 94 valence electrons. The van der Waals surface area contributed by atoms with Crippen LogP contribution in [0, 0.1) is 10.1 Å². The Bertz CT molecular complexity index is 545. The third-order valence-electron chi connectivity index (χ3n) is 2.71. The molecule has 1 aromatic carbocycles. The Hall–Kier alpha value is -2.21. The molecule has 0 aliphatic rings. The summed E-state index contributed by atoms with van der Waals surface area (Å²) < 4.78 is 1.94. The van der Waals surface area contributed by atoms with Crippen molar-refractivity contribution in [3.8, 4) is 0 Å². The summed E-state index contributed by atoms with van der Waals surface area (Å²) in [6.45, 7) is 2.50. The molecule has 0 unspecified atom stereocenters. The molecule has 0 radical (unpaired) electrons. The fourth-order valence-electron chi connectivity index (χ4n) is 1.76. The Kier molecular flexibility index (Phi) is 3.38. The van der Waals surface area contributed by atoms with Gasteiger partial charge < -0.3 is 10.3 Å². The van der Waals surface area contributed by atoms with Gasteiger partial charge in [-0.05, 0) is 12.5 Å². The molecule has 0 saturated heterocycles. The van der Waals surface area contributed by atoms with Gasteiger partial charge in [0.1, 0.15) is 0 Å². The van der Waals surface area contributed by atoms with Gasteiger partial charge in [0.2, 0.25) is 0 Å². The minimum atomic E-state index is -0.408. The number of imidazole rings is 1. The van der Waals surface area contributed by atoms with E-state index in [4.69, 9.17) is 5.73 Å². The Morgan fingerprint density at radius 3 is 2.67 bits per heavy atom. The van der Waals surface area contributed by atoms with Crippen LogP contribution in [0.2, 0.25) is 0 Å². The number of benzene rings is 1. The van der Waals surface area contributed by atoms with Crippen molar-refractivity contribution in [3.63, 3.8) is 0 Å². The van der Waals surface area contributed by atoms with Crippen molar-refractivity contribution in [3.05, 3.63) is 58.2 Å². The number of nitro groups is 1. The van der Waals surface area contributed by atoms with E-state index in [9.17, 15) is 10.1 Å². The highest BCUT2D eigenvalue weighted by molar-refractivity contribution is 5.33. The molecule has 0 saturated carbocycles. The summed E-state index contributed by atoms with van der Waals surface area (Å²) in [6, 6.07) is 6.38. The summed E-state index contributed by atoms with van der Waals surface area (Å²) in [5.41, 5.74) is 7.83. The van der Waals surface area contributed by atoms with Gasteiger partial charge in [0.05, 0.1) is 16.9 Å². The van der Waals surface area contributed by atoms with Crippen LogP contribution in [0.3, 0.4) is 0 Å². The van der Waals surface area contributed by atoms with E-state index in [1.807, 2.05) is 11.5 Å². The highest BCUT2D eigenvalue weighted by Crippen LogP contribution is 2.15. The molecule has 0 aliphatic carbocycles. The van der Waals surface area contributed by atoms with Gasteiger partial charge in [0.25, 0.3) is 5.69 Å². The Morgan fingerprint density at radius 1 is 1.44 bits per heavy atom. The second-order valence-corrected chi connectivity index (χ2v) is 4.16. The average molecular weight is 246 g/mol. The number of nitrogens with two attached hydrogens (primary N) is 1. The first-order valence-corrected chi connectivity index (χ1v) is 5.57. The van der Waals surface area contributed by atoms with Gasteiger partial charge >= 0.3 is 0 Å².